The van der Waals surface area contributed by atoms with Crippen molar-refractivity contribution in [3.63, 3.8) is 0 Å². The minimum atomic E-state index is -0.396. The van der Waals surface area contributed by atoms with Gasteiger partial charge in [0.1, 0.15) is 0 Å². The Kier molecular flexibility index (Phi) is 14.1. The van der Waals surface area contributed by atoms with Crippen molar-refractivity contribution in [3.05, 3.63) is 0 Å². The van der Waals surface area contributed by atoms with Crippen molar-refractivity contribution in [2.45, 2.75) is 90.9 Å². The molecule has 3 heteroatoms. The summed E-state index contributed by atoms with van der Waals surface area (Å²) in [7, 11) is 0. The zero-order valence-corrected chi connectivity index (χ0v) is 13.8. The van der Waals surface area contributed by atoms with Crippen LogP contribution in [0.2, 0.25) is 0 Å². The molecule has 3 N–H and O–H groups in total. The van der Waals surface area contributed by atoms with Crippen LogP contribution in [0.1, 0.15) is 90.9 Å². The molecule has 0 rings (SSSR count). The Balaban J connectivity index is 3.75. The summed E-state index contributed by atoms with van der Waals surface area (Å²) in [4.78, 5) is 10.6. The van der Waals surface area contributed by atoms with Gasteiger partial charge in [-0.05, 0) is 18.8 Å². The number of urea groups is 1. The Labute approximate surface area is 126 Å². The van der Waals surface area contributed by atoms with Crippen LogP contribution in [-0.2, 0) is 0 Å². The van der Waals surface area contributed by atoms with Gasteiger partial charge in [0.25, 0.3) is 0 Å². The fourth-order valence-corrected chi connectivity index (χ4v) is 2.75. The number of primary amides is 1. The van der Waals surface area contributed by atoms with Crippen LogP contribution >= 0.6 is 0 Å². The first-order chi connectivity index (χ1) is 9.70. The summed E-state index contributed by atoms with van der Waals surface area (Å²) >= 11 is 0. The molecule has 0 aromatic heterocycles. The van der Waals surface area contributed by atoms with E-state index in [9.17, 15) is 4.79 Å². The molecule has 0 radical (unpaired) electrons. The predicted octanol–water partition coefficient (Wildman–Crippen LogP) is 4.99. The second-order valence-electron chi connectivity index (χ2n) is 6.00. The first-order valence-electron chi connectivity index (χ1n) is 8.74. The SMILES string of the molecule is CCCCCCC(CCCCCC)CCCNC(N)=O. The molecule has 2 amide bonds. The lowest BCUT2D eigenvalue weighted by Crippen LogP contribution is -2.30. The van der Waals surface area contributed by atoms with Crippen molar-refractivity contribution >= 4 is 6.03 Å². The molecule has 0 spiro atoms. The fraction of sp³-hybridized carbons (Fsp3) is 0.941. The molecule has 0 fully saturated rings. The third kappa shape index (κ3) is 13.7. The van der Waals surface area contributed by atoms with Crippen molar-refractivity contribution < 1.29 is 4.79 Å². The van der Waals surface area contributed by atoms with E-state index in [0.717, 1.165) is 18.9 Å². The fourth-order valence-electron chi connectivity index (χ4n) is 2.75. The third-order valence-corrected chi connectivity index (χ3v) is 4.02. The minimum Gasteiger partial charge on any atom is -0.352 e. The first-order valence-corrected chi connectivity index (χ1v) is 8.74. The standard InChI is InChI=1S/C17H36N2O/c1-3-5-7-9-12-16(13-10-8-6-4-2)14-11-15-19-17(18)20/h16H,3-15H2,1-2H3,(H3,18,19,20). The lowest BCUT2D eigenvalue weighted by molar-refractivity contribution is 0.248. The van der Waals surface area contributed by atoms with Crippen LogP contribution in [-0.4, -0.2) is 12.6 Å². The van der Waals surface area contributed by atoms with Crippen LogP contribution in [0.4, 0.5) is 4.79 Å². The molecule has 0 unspecified atom stereocenters. The van der Waals surface area contributed by atoms with Crippen LogP contribution in [0.3, 0.4) is 0 Å². The Bertz CT molecular complexity index is 207. The molecule has 20 heavy (non-hydrogen) atoms. The van der Waals surface area contributed by atoms with Crippen molar-refractivity contribution in [2.75, 3.05) is 6.54 Å². The summed E-state index contributed by atoms with van der Waals surface area (Å²) in [6, 6.07) is -0.396. The Morgan fingerprint density at radius 2 is 1.35 bits per heavy atom. The van der Waals surface area contributed by atoms with Crippen LogP contribution < -0.4 is 11.1 Å². The highest BCUT2D eigenvalue weighted by atomic mass is 16.2. The van der Waals surface area contributed by atoms with E-state index in [4.69, 9.17) is 5.73 Å². The number of carbonyl (C=O) groups is 1. The molecule has 0 saturated carbocycles. The highest BCUT2D eigenvalue weighted by Gasteiger charge is 2.08. The molecule has 3 nitrogen and oxygen atoms in total. The second kappa shape index (κ2) is 14.7. The van der Waals surface area contributed by atoms with E-state index in [2.05, 4.69) is 19.2 Å². The third-order valence-electron chi connectivity index (χ3n) is 4.02. The van der Waals surface area contributed by atoms with E-state index in [-0.39, 0.29) is 0 Å². The zero-order valence-electron chi connectivity index (χ0n) is 13.8. The number of nitrogens with one attached hydrogen (secondary N) is 1. The maximum Gasteiger partial charge on any atom is 0.312 e. The molecule has 0 bridgehead atoms. The summed E-state index contributed by atoms with van der Waals surface area (Å²) in [6.07, 6.45) is 15.9. The van der Waals surface area contributed by atoms with Gasteiger partial charge in [-0.15, -0.1) is 0 Å². The number of amides is 2. The summed E-state index contributed by atoms with van der Waals surface area (Å²) in [5.41, 5.74) is 5.09. The topological polar surface area (TPSA) is 55.1 Å². The number of hydrogen-bond donors (Lipinski definition) is 2. The van der Waals surface area contributed by atoms with Gasteiger partial charge in [0, 0.05) is 6.54 Å². The monoisotopic (exact) mass is 284 g/mol. The van der Waals surface area contributed by atoms with Gasteiger partial charge < -0.3 is 11.1 Å². The van der Waals surface area contributed by atoms with E-state index >= 15 is 0 Å². The van der Waals surface area contributed by atoms with Crippen molar-refractivity contribution in [1.29, 1.82) is 0 Å². The minimum absolute atomic E-state index is 0.396. The normalized spacial score (nSPS) is 10.9. The zero-order chi connectivity index (χ0) is 15.1. The van der Waals surface area contributed by atoms with E-state index in [1.165, 1.54) is 70.6 Å². The first kappa shape index (κ1) is 19.3. The Hall–Kier alpha value is -0.730. The maximum atomic E-state index is 10.6. The van der Waals surface area contributed by atoms with Gasteiger partial charge in [0.15, 0.2) is 0 Å². The van der Waals surface area contributed by atoms with Gasteiger partial charge in [-0.3, -0.25) is 0 Å². The molecular formula is C17H36N2O. The average Bonchev–Trinajstić information content (AvgIpc) is 2.43. The summed E-state index contributed by atoms with van der Waals surface area (Å²) < 4.78 is 0. The van der Waals surface area contributed by atoms with E-state index in [0.29, 0.717) is 0 Å². The predicted molar refractivity (Wildman–Crippen MR) is 87.8 cm³/mol. The van der Waals surface area contributed by atoms with Gasteiger partial charge in [0.2, 0.25) is 0 Å². The maximum absolute atomic E-state index is 10.6. The summed E-state index contributed by atoms with van der Waals surface area (Å²) in [5, 5.41) is 2.69. The molecule has 0 aliphatic carbocycles. The summed E-state index contributed by atoms with van der Waals surface area (Å²) in [6.45, 7) is 5.26. The van der Waals surface area contributed by atoms with Gasteiger partial charge in [-0.2, -0.15) is 0 Å². The van der Waals surface area contributed by atoms with E-state index < -0.39 is 6.03 Å². The van der Waals surface area contributed by atoms with Crippen LogP contribution in [0, 0.1) is 5.92 Å². The van der Waals surface area contributed by atoms with Crippen molar-refractivity contribution in [1.82, 2.24) is 5.32 Å². The second-order valence-corrected chi connectivity index (χ2v) is 6.00. The molecule has 0 atom stereocenters. The molecule has 120 valence electrons. The molecule has 0 aromatic rings. The molecule has 0 aliphatic heterocycles. The molecule has 0 saturated heterocycles. The Morgan fingerprint density at radius 1 is 0.850 bits per heavy atom. The van der Waals surface area contributed by atoms with E-state index in [1.807, 2.05) is 0 Å². The summed E-state index contributed by atoms with van der Waals surface area (Å²) in [5.74, 6) is 0.846. The van der Waals surface area contributed by atoms with Crippen molar-refractivity contribution in [3.8, 4) is 0 Å². The lowest BCUT2D eigenvalue weighted by Gasteiger charge is -2.17. The molecular weight excluding hydrogens is 248 g/mol. The van der Waals surface area contributed by atoms with Crippen LogP contribution in [0.25, 0.3) is 0 Å². The quantitative estimate of drug-likeness (QED) is 0.434. The average molecular weight is 284 g/mol. The number of carbonyl (C=O) groups excluding carboxylic acids is 1. The number of hydrogen-bond acceptors (Lipinski definition) is 1. The highest BCUT2D eigenvalue weighted by molar-refractivity contribution is 5.71. The largest absolute Gasteiger partial charge is 0.352 e. The molecule has 0 aliphatic rings. The number of nitrogens with two attached hydrogens (primary N) is 1. The molecule has 0 aromatic carbocycles. The van der Waals surface area contributed by atoms with Crippen LogP contribution in [0.5, 0.6) is 0 Å². The number of unbranched alkanes of at least 4 members (excludes halogenated alkanes) is 6. The van der Waals surface area contributed by atoms with Gasteiger partial charge in [0.05, 0.1) is 0 Å². The van der Waals surface area contributed by atoms with Crippen molar-refractivity contribution in [2.24, 2.45) is 11.7 Å². The highest BCUT2D eigenvalue weighted by Crippen LogP contribution is 2.22. The van der Waals surface area contributed by atoms with Gasteiger partial charge in [-0.25, -0.2) is 4.79 Å². The number of rotatable bonds is 14. The van der Waals surface area contributed by atoms with E-state index in [1.54, 1.807) is 0 Å². The van der Waals surface area contributed by atoms with Gasteiger partial charge in [-0.1, -0.05) is 78.1 Å². The molecule has 0 heterocycles. The Morgan fingerprint density at radius 3 is 1.80 bits per heavy atom. The van der Waals surface area contributed by atoms with Gasteiger partial charge >= 0.3 is 6.03 Å². The van der Waals surface area contributed by atoms with Crippen LogP contribution in [0.15, 0.2) is 0 Å². The lowest BCUT2D eigenvalue weighted by atomic mass is 9.90. The smallest absolute Gasteiger partial charge is 0.312 e.